The molecule has 0 spiro atoms. The van der Waals surface area contributed by atoms with Gasteiger partial charge in [-0.25, -0.2) is 4.99 Å². The van der Waals surface area contributed by atoms with Gasteiger partial charge in [-0.05, 0) is 19.1 Å². The van der Waals surface area contributed by atoms with Crippen LogP contribution in [-0.4, -0.2) is 50.8 Å². The average Bonchev–Trinajstić information content (AvgIpc) is 3.05. The van der Waals surface area contributed by atoms with E-state index in [2.05, 4.69) is 20.9 Å². The van der Waals surface area contributed by atoms with Crippen LogP contribution in [0.25, 0.3) is 0 Å². The third kappa shape index (κ3) is 3.05. The minimum absolute atomic E-state index is 0.0176. The van der Waals surface area contributed by atoms with Crippen molar-refractivity contribution < 1.29 is 22.8 Å². The summed E-state index contributed by atoms with van der Waals surface area (Å²) in [6, 6.07) is 6.01. The Balaban J connectivity index is 1.94. The fourth-order valence-corrected chi connectivity index (χ4v) is 4.19. The van der Waals surface area contributed by atoms with E-state index >= 15 is 0 Å². The van der Waals surface area contributed by atoms with Crippen molar-refractivity contribution in [2.24, 2.45) is 4.99 Å². The van der Waals surface area contributed by atoms with Crippen molar-refractivity contribution in [3.8, 4) is 0 Å². The largest absolute Gasteiger partial charge is 0.442 e. The van der Waals surface area contributed by atoms with Crippen molar-refractivity contribution in [2.45, 2.75) is 24.0 Å². The van der Waals surface area contributed by atoms with Crippen molar-refractivity contribution >= 4 is 44.7 Å². The Morgan fingerprint density at radius 1 is 1.44 bits per heavy atom. The molecule has 3 rings (SSSR count). The molecule has 25 heavy (non-hydrogen) atoms. The van der Waals surface area contributed by atoms with Crippen LogP contribution in [0.1, 0.15) is 15.9 Å². The van der Waals surface area contributed by atoms with Crippen molar-refractivity contribution in [1.29, 1.82) is 0 Å². The maximum Gasteiger partial charge on any atom is 0.442 e. The van der Waals surface area contributed by atoms with E-state index in [0.29, 0.717) is 5.33 Å². The number of halogens is 4. The van der Waals surface area contributed by atoms with E-state index in [1.54, 1.807) is 19.1 Å². The summed E-state index contributed by atoms with van der Waals surface area (Å²) < 4.78 is 41.1. The number of hydrogen-bond donors (Lipinski definition) is 1. The number of aryl methyl sites for hydroxylation is 1. The summed E-state index contributed by atoms with van der Waals surface area (Å²) in [6.07, 6.45) is -5.05. The van der Waals surface area contributed by atoms with Crippen molar-refractivity contribution in [3.63, 3.8) is 0 Å². The smallest absolute Gasteiger partial charge is 0.312 e. The van der Waals surface area contributed by atoms with Crippen LogP contribution in [0.3, 0.4) is 0 Å². The molecular formula is C15H13BrF3N3O2S. The van der Waals surface area contributed by atoms with Gasteiger partial charge in [0.15, 0.2) is 5.17 Å². The summed E-state index contributed by atoms with van der Waals surface area (Å²) in [5.41, 5.74) is -2.38. The maximum absolute atomic E-state index is 13.7. The van der Waals surface area contributed by atoms with E-state index in [0.717, 1.165) is 22.2 Å². The molecule has 0 saturated carbocycles. The molecule has 0 bridgehead atoms. The first-order valence-corrected chi connectivity index (χ1v) is 9.28. The molecular weight excluding hydrogens is 423 g/mol. The van der Waals surface area contributed by atoms with Gasteiger partial charge >= 0.3 is 11.8 Å². The zero-order chi connectivity index (χ0) is 18.4. The molecule has 5 nitrogen and oxygen atoms in total. The SMILES string of the molecule is Cc1ccc(C(=O)N[C@]2(C(F)(F)F)N=C3S[C@@H](CBr)CN3C2=O)cc1. The molecule has 2 amide bonds. The standard InChI is InChI=1S/C15H13BrF3N3O2S/c1-8-2-4-9(5-3-8)11(23)20-14(15(17,18)19)12(24)22-7-10(6-16)25-13(22)21-14/h2-5,10H,6-7H2,1H3,(H,20,23)/t10-,14-/m0/s1. The second-order valence-corrected chi connectivity index (χ2v) is 7.65. The molecule has 0 aromatic heterocycles. The first-order chi connectivity index (χ1) is 11.7. The van der Waals surface area contributed by atoms with Crippen molar-refractivity contribution in [1.82, 2.24) is 10.2 Å². The van der Waals surface area contributed by atoms with E-state index in [9.17, 15) is 22.8 Å². The lowest BCUT2D eigenvalue weighted by Gasteiger charge is -2.29. The van der Waals surface area contributed by atoms with Crippen LogP contribution in [0.15, 0.2) is 29.3 Å². The van der Waals surface area contributed by atoms with Gasteiger partial charge in [0.1, 0.15) is 0 Å². The molecule has 2 heterocycles. The van der Waals surface area contributed by atoms with Crippen LogP contribution >= 0.6 is 27.7 Å². The summed E-state index contributed by atoms with van der Waals surface area (Å²) in [4.78, 5) is 29.3. The van der Waals surface area contributed by atoms with E-state index in [-0.39, 0.29) is 22.5 Å². The molecule has 0 radical (unpaired) electrons. The molecule has 1 fully saturated rings. The Kier molecular flexibility index (Phi) is 4.61. The summed E-state index contributed by atoms with van der Waals surface area (Å²) in [5, 5.41) is 2.25. The van der Waals surface area contributed by atoms with E-state index in [1.807, 2.05) is 5.32 Å². The summed E-state index contributed by atoms with van der Waals surface area (Å²) >= 11 is 4.33. The Morgan fingerprint density at radius 2 is 2.08 bits per heavy atom. The number of carbonyl (C=O) groups excluding carboxylic acids is 2. The van der Waals surface area contributed by atoms with Gasteiger partial charge in [-0.1, -0.05) is 45.4 Å². The number of aliphatic imine (C=N–C) groups is 1. The third-order valence-corrected chi connectivity index (χ3v) is 6.28. The van der Waals surface area contributed by atoms with Crippen LogP contribution in [-0.2, 0) is 4.79 Å². The molecule has 2 aliphatic heterocycles. The van der Waals surface area contributed by atoms with Crippen LogP contribution in [0.2, 0.25) is 0 Å². The van der Waals surface area contributed by atoms with Crippen molar-refractivity contribution in [3.05, 3.63) is 35.4 Å². The highest BCUT2D eigenvalue weighted by molar-refractivity contribution is 9.09. The van der Waals surface area contributed by atoms with Crippen LogP contribution < -0.4 is 5.32 Å². The van der Waals surface area contributed by atoms with Gasteiger partial charge in [0.25, 0.3) is 11.8 Å². The fraction of sp³-hybridized carbons (Fsp3) is 0.400. The zero-order valence-electron chi connectivity index (χ0n) is 12.9. The van der Waals surface area contributed by atoms with Gasteiger partial charge in [0, 0.05) is 22.7 Å². The Morgan fingerprint density at radius 3 is 2.60 bits per heavy atom. The number of fused-ring (bicyclic) bond motifs is 1. The predicted molar refractivity (Wildman–Crippen MR) is 91.8 cm³/mol. The van der Waals surface area contributed by atoms with Crippen LogP contribution in [0.4, 0.5) is 13.2 Å². The van der Waals surface area contributed by atoms with Gasteiger partial charge in [0.05, 0.1) is 0 Å². The van der Waals surface area contributed by atoms with E-state index < -0.39 is 23.7 Å². The lowest BCUT2D eigenvalue weighted by atomic mass is 10.1. The van der Waals surface area contributed by atoms with Crippen molar-refractivity contribution in [2.75, 3.05) is 11.9 Å². The fourth-order valence-electron chi connectivity index (χ4n) is 2.53. The number of nitrogens with one attached hydrogen (secondary N) is 1. The van der Waals surface area contributed by atoms with Crippen LogP contribution in [0.5, 0.6) is 0 Å². The molecule has 10 heteroatoms. The van der Waals surface area contributed by atoms with Gasteiger partial charge in [0.2, 0.25) is 0 Å². The number of amides is 2. The highest BCUT2D eigenvalue weighted by atomic mass is 79.9. The lowest BCUT2D eigenvalue weighted by molar-refractivity contribution is -0.196. The number of carbonyl (C=O) groups is 2. The van der Waals surface area contributed by atoms with E-state index in [4.69, 9.17) is 0 Å². The Hall–Kier alpha value is -1.55. The number of hydrogen-bond acceptors (Lipinski definition) is 4. The minimum Gasteiger partial charge on any atom is -0.312 e. The number of thioether (sulfide) groups is 1. The van der Waals surface area contributed by atoms with Gasteiger partial charge in [-0.3, -0.25) is 14.5 Å². The molecule has 1 aromatic rings. The zero-order valence-corrected chi connectivity index (χ0v) is 15.3. The molecule has 2 aliphatic rings. The quantitative estimate of drug-likeness (QED) is 0.742. The predicted octanol–water partition coefficient (Wildman–Crippen LogP) is 2.69. The molecule has 134 valence electrons. The number of rotatable bonds is 3. The van der Waals surface area contributed by atoms with Crippen LogP contribution in [0, 0.1) is 6.92 Å². The highest BCUT2D eigenvalue weighted by Gasteiger charge is 2.68. The first-order valence-electron chi connectivity index (χ1n) is 7.28. The summed E-state index contributed by atoms with van der Waals surface area (Å²) in [7, 11) is 0. The molecule has 0 unspecified atom stereocenters. The highest BCUT2D eigenvalue weighted by Crippen LogP contribution is 2.42. The first kappa shape index (κ1) is 18.2. The Labute approximate surface area is 154 Å². The van der Waals surface area contributed by atoms with Gasteiger partial charge in [-0.15, -0.1) is 0 Å². The average molecular weight is 436 g/mol. The molecule has 2 atom stereocenters. The lowest BCUT2D eigenvalue weighted by Crippen LogP contribution is -2.63. The molecule has 1 saturated heterocycles. The van der Waals surface area contributed by atoms with E-state index in [1.165, 1.54) is 12.1 Å². The van der Waals surface area contributed by atoms with Gasteiger partial charge < -0.3 is 5.32 Å². The minimum atomic E-state index is -5.05. The number of amidine groups is 1. The Bertz CT molecular complexity index is 753. The number of nitrogens with zero attached hydrogens (tertiary/aromatic N) is 2. The maximum atomic E-state index is 13.7. The normalized spacial score (nSPS) is 25.8. The second kappa shape index (κ2) is 6.31. The molecule has 1 aromatic carbocycles. The summed E-state index contributed by atoms with van der Waals surface area (Å²) in [6.45, 7) is 1.91. The number of alkyl halides is 4. The molecule has 1 N–H and O–H groups in total. The second-order valence-electron chi connectivity index (χ2n) is 5.73. The summed E-state index contributed by atoms with van der Waals surface area (Å²) in [5.74, 6) is -2.27. The monoisotopic (exact) mass is 435 g/mol. The topological polar surface area (TPSA) is 61.8 Å². The number of benzene rings is 1. The third-order valence-electron chi connectivity index (χ3n) is 3.90. The molecule has 0 aliphatic carbocycles. The van der Waals surface area contributed by atoms with Gasteiger partial charge in [-0.2, -0.15) is 13.2 Å².